The minimum atomic E-state index is 0.688. The van der Waals surface area contributed by atoms with Crippen LogP contribution in [-0.2, 0) is 5.75 Å². The summed E-state index contributed by atoms with van der Waals surface area (Å²) in [5.74, 6) is 1.60. The lowest BCUT2D eigenvalue weighted by Crippen LogP contribution is -1.96. The summed E-state index contributed by atoms with van der Waals surface area (Å²) in [5, 5.41) is 0.983. The maximum Gasteiger partial charge on any atom is 0.179 e. The highest BCUT2D eigenvalue weighted by Crippen LogP contribution is 2.25. The Kier molecular flexibility index (Phi) is 4.49. The van der Waals surface area contributed by atoms with Gasteiger partial charge in [-0.1, -0.05) is 30.3 Å². The minimum Gasteiger partial charge on any atom is -0.253 e. The zero-order valence-corrected chi connectivity index (χ0v) is 13.5. The Labute approximate surface area is 134 Å². The number of rotatable bonds is 4. The second-order valence-electron chi connectivity index (χ2n) is 5.10. The summed E-state index contributed by atoms with van der Waals surface area (Å²) in [6.45, 7) is 4.13. The van der Waals surface area contributed by atoms with Gasteiger partial charge in [0, 0.05) is 17.6 Å². The Morgan fingerprint density at radius 3 is 2.55 bits per heavy atom. The first-order valence-electron chi connectivity index (χ1n) is 7.17. The Morgan fingerprint density at radius 2 is 1.77 bits per heavy atom. The Morgan fingerprint density at radius 1 is 0.955 bits per heavy atom. The number of nitrogens with zero attached hydrogens (tertiary/aromatic N) is 3. The van der Waals surface area contributed by atoms with E-state index < -0.39 is 0 Å². The van der Waals surface area contributed by atoms with Crippen molar-refractivity contribution < 1.29 is 0 Å². The van der Waals surface area contributed by atoms with Crippen molar-refractivity contribution in [2.75, 3.05) is 0 Å². The first kappa shape index (κ1) is 14.7. The number of benzene rings is 1. The molecule has 110 valence electrons. The first-order valence-corrected chi connectivity index (χ1v) is 8.15. The number of hydrogen-bond donors (Lipinski definition) is 0. The molecule has 0 aliphatic carbocycles. The molecule has 0 spiro atoms. The van der Waals surface area contributed by atoms with Gasteiger partial charge in [-0.3, -0.25) is 4.98 Å². The van der Waals surface area contributed by atoms with Crippen LogP contribution >= 0.6 is 11.8 Å². The third-order valence-corrected chi connectivity index (χ3v) is 4.32. The van der Waals surface area contributed by atoms with E-state index in [-0.39, 0.29) is 0 Å². The van der Waals surface area contributed by atoms with Crippen molar-refractivity contribution in [3.63, 3.8) is 0 Å². The summed E-state index contributed by atoms with van der Waals surface area (Å²) in [7, 11) is 0. The van der Waals surface area contributed by atoms with Crippen molar-refractivity contribution in [3.05, 3.63) is 71.5 Å². The average Bonchev–Trinajstić information content (AvgIpc) is 2.54. The second kappa shape index (κ2) is 6.71. The van der Waals surface area contributed by atoms with Gasteiger partial charge in [-0.25, -0.2) is 9.97 Å². The molecule has 3 nitrogen and oxygen atoms in total. The Balaban J connectivity index is 1.83. The molecule has 0 N–H and O–H groups in total. The summed E-state index contributed by atoms with van der Waals surface area (Å²) in [6.07, 6.45) is 1.77. The molecule has 0 saturated carbocycles. The highest BCUT2D eigenvalue weighted by atomic mass is 32.2. The van der Waals surface area contributed by atoms with E-state index in [1.165, 1.54) is 11.1 Å². The fourth-order valence-electron chi connectivity index (χ4n) is 2.15. The number of pyridine rings is 1. The zero-order valence-electron chi connectivity index (χ0n) is 12.7. The van der Waals surface area contributed by atoms with Crippen molar-refractivity contribution in [2.45, 2.75) is 24.6 Å². The van der Waals surface area contributed by atoms with Crippen LogP contribution in [0, 0.1) is 13.8 Å². The fraction of sp³-hybridized carbons (Fsp3) is 0.167. The molecule has 3 rings (SSSR count). The standard InChI is InChI=1S/C18H17N3S/c1-13-7-3-4-8-15(13)12-22-17-11-14(2)20-18(21-17)16-9-5-6-10-19-16/h3-11H,12H2,1-2H3. The molecule has 0 unspecified atom stereocenters. The molecule has 3 aromatic rings. The van der Waals surface area contributed by atoms with Gasteiger partial charge in [0.2, 0.25) is 0 Å². The maximum absolute atomic E-state index is 4.64. The topological polar surface area (TPSA) is 38.7 Å². The van der Waals surface area contributed by atoms with Gasteiger partial charge in [-0.05, 0) is 43.2 Å². The minimum absolute atomic E-state index is 0.688. The van der Waals surface area contributed by atoms with Crippen LogP contribution in [0.25, 0.3) is 11.5 Å². The van der Waals surface area contributed by atoms with Crippen LogP contribution in [-0.4, -0.2) is 15.0 Å². The van der Waals surface area contributed by atoms with Crippen molar-refractivity contribution in [1.29, 1.82) is 0 Å². The molecule has 2 heterocycles. The van der Waals surface area contributed by atoms with Crippen LogP contribution in [0.5, 0.6) is 0 Å². The lowest BCUT2D eigenvalue weighted by molar-refractivity contribution is 1.00. The third kappa shape index (κ3) is 3.52. The molecular formula is C18H17N3S. The molecule has 0 bridgehead atoms. The normalized spacial score (nSPS) is 10.6. The first-order chi connectivity index (χ1) is 10.7. The lowest BCUT2D eigenvalue weighted by Gasteiger charge is -2.07. The summed E-state index contributed by atoms with van der Waals surface area (Å²) in [5.41, 5.74) is 4.42. The predicted octanol–water partition coefficient (Wildman–Crippen LogP) is 4.45. The van der Waals surface area contributed by atoms with Crippen molar-refractivity contribution in [1.82, 2.24) is 15.0 Å². The largest absolute Gasteiger partial charge is 0.253 e. The summed E-state index contributed by atoms with van der Waals surface area (Å²) in [6, 6.07) is 16.3. The van der Waals surface area contributed by atoms with Gasteiger partial charge in [0.1, 0.15) is 10.7 Å². The molecule has 4 heteroatoms. The number of thioether (sulfide) groups is 1. The molecule has 0 radical (unpaired) electrons. The number of aromatic nitrogens is 3. The summed E-state index contributed by atoms with van der Waals surface area (Å²) in [4.78, 5) is 13.5. The highest BCUT2D eigenvalue weighted by Gasteiger charge is 2.07. The van der Waals surface area contributed by atoms with Gasteiger partial charge in [0.05, 0.1) is 0 Å². The van der Waals surface area contributed by atoms with E-state index in [0.717, 1.165) is 22.2 Å². The van der Waals surface area contributed by atoms with E-state index in [1.54, 1.807) is 18.0 Å². The van der Waals surface area contributed by atoms with Gasteiger partial charge in [-0.2, -0.15) is 0 Å². The Bertz CT molecular complexity index is 772. The highest BCUT2D eigenvalue weighted by molar-refractivity contribution is 7.98. The lowest BCUT2D eigenvalue weighted by atomic mass is 10.1. The second-order valence-corrected chi connectivity index (χ2v) is 6.10. The van der Waals surface area contributed by atoms with Crippen LogP contribution in [0.2, 0.25) is 0 Å². The Hall–Kier alpha value is -2.20. The van der Waals surface area contributed by atoms with Crippen molar-refractivity contribution in [3.8, 4) is 11.5 Å². The number of hydrogen-bond acceptors (Lipinski definition) is 4. The van der Waals surface area contributed by atoms with Gasteiger partial charge in [-0.15, -0.1) is 11.8 Å². The maximum atomic E-state index is 4.64. The number of aryl methyl sites for hydroxylation is 2. The van der Waals surface area contributed by atoms with E-state index in [4.69, 9.17) is 0 Å². The fourth-order valence-corrected chi connectivity index (χ4v) is 3.18. The smallest absolute Gasteiger partial charge is 0.179 e. The molecule has 22 heavy (non-hydrogen) atoms. The van der Waals surface area contributed by atoms with E-state index >= 15 is 0 Å². The van der Waals surface area contributed by atoms with Gasteiger partial charge in [0.25, 0.3) is 0 Å². The van der Waals surface area contributed by atoms with Crippen LogP contribution in [0.3, 0.4) is 0 Å². The molecule has 0 aliphatic heterocycles. The molecule has 0 amide bonds. The molecular weight excluding hydrogens is 290 g/mol. The third-order valence-electron chi connectivity index (χ3n) is 3.36. The van der Waals surface area contributed by atoms with Crippen LogP contribution in [0.1, 0.15) is 16.8 Å². The van der Waals surface area contributed by atoms with E-state index in [1.807, 2.05) is 31.2 Å². The molecule has 0 fully saturated rings. The van der Waals surface area contributed by atoms with E-state index in [2.05, 4.69) is 46.1 Å². The average molecular weight is 307 g/mol. The van der Waals surface area contributed by atoms with Gasteiger partial charge < -0.3 is 0 Å². The van der Waals surface area contributed by atoms with E-state index in [0.29, 0.717) is 5.82 Å². The predicted molar refractivity (Wildman–Crippen MR) is 90.7 cm³/mol. The van der Waals surface area contributed by atoms with Crippen molar-refractivity contribution >= 4 is 11.8 Å². The van der Waals surface area contributed by atoms with Crippen molar-refractivity contribution in [2.24, 2.45) is 0 Å². The molecule has 0 atom stereocenters. The molecule has 1 aromatic carbocycles. The summed E-state index contributed by atoms with van der Waals surface area (Å²) >= 11 is 1.73. The van der Waals surface area contributed by atoms with Gasteiger partial charge in [0.15, 0.2) is 5.82 Å². The van der Waals surface area contributed by atoms with Crippen LogP contribution in [0.4, 0.5) is 0 Å². The van der Waals surface area contributed by atoms with Crippen LogP contribution < -0.4 is 0 Å². The van der Waals surface area contributed by atoms with E-state index in [9.17, 15) is 0 Å². The van der Waals surface area contributed by atoms with Gasteiger partial charge >= 0.3 is 0 Å². The zero-order chi connectivity index (χ0) is 15.4. The quantitative estimate of drug-likeness (QED) is 0.527. The molecule has 0 aliphatic rings. The summed E-state index contributed by atoms with van der Waals surface area (Å²) < 4.78 is 0. The molecule has 0 saturated heterocycles. The SMILES string of the molecule is Cc1cc(SCc2ccccc2C)nc(-c2ccccn2)n1. The van der Waals surface area contributed by atoms with Crippen LogP contribution in [0.15, 0.2) is 59.8 Å². The monoisotopic (exact) mass is 307 g/mol. The molecule has 2 aromatic heterocycles.